The van der Waals surface area contributed by atoms with Gasteiger partial charge in [0.1, 0.15) is 5.82 Å². The van der Waals surface area contributed by atoms with Crippen LogP contribution in [0.25, 0.3) is 11.4 Å². The van der Waals surface area contributed by atoms with Gasteiger partial charge in [0.2, 0.25) is 0 Å². The fourth-order valence-electron chi connectivity index (χ4n) is 1.89. The predicted molar refractivity (Wildman–Crippen MR) is 71.5 cm³/mol. The molecule has 0 bridgehead atoms. The third-order valence-corrected chi connectivity index (χ3v) is 3.67. The molecule has 92 valence electrons. The van der Waals surface area contributed by atoms with Gasteiger partial charge in [-0.15, -0.1) is 0 Å². The molecule has 0 radical (unpaired) electrons. The van der Waals surface area contributed by atoms with E-state index >= 15 is 0 Å². The first-order valence-corrected chi connectivity index (χ1v) is 6.52. The molecule has 18 heavy (non-hydrogen) atoms. The molecule has 1 aliphatic carbocycles. The second-order valence-corrected chi connectivity index (χ2v) is 5.29. The largest absolute Gasteiger partial charge is 0.396 e. The number of hydrogen-bond donors (Lipinski definition) is 1. The summed E-state index contributed by atoms with van der Waals surface area (Å²) in [5.41, 5.74) is 8.02. The van der Waals surface area contributed by atoms with Gasteiger partial charge < -0.3 is 5.73 Å². The standard InChI is InChI=1S/C13H11BrFN3/c14-10-4-3-8(15)5-9(10)13-17-6-11(16)12(18-13)7-1-2-7/h3-7H,1-2,16H2. The maximum absolute atomic E-state index is 13.3. The van der Waals surface area contributed by atoms with Crippen molar-refractivity contribution >= 4 is 21.6 Å². The average Bonchev–Trinajstić information content (AvgIpc) is 3.17. The van der Waals surface area contributed by atoms with Crippen molar-refractivity contribution in [1.29, 1.82) is 0 Å². The number of nitrogens with zero attached hydrogens (tertiary/aromatic N) is 2. The summed E-state index contributed by atoms with van der Waals surface area (Å²) < 4.78 is 14.1. The van der Waals surface area contributed by atoms with Crippen LogP contribution in [-0.2, 0) is 0 Å². The Morgan fingerprint density at radius 1 is 1.33 bits per heavy atom. The van der Waals surface area contributed by atoms with E-state index < -0.39 is 0 Å². The highest BCUT2D eigenvalue weighted by Crippen LogP contribution is 2.42. The highest BCUT2D eigenvalue weighted by Gasteiger charge is 2.28. The SMILES string of the molecule is Nc1cnc(-c2cc(F)ccc2Br)nc1C1CC1. The molecule has 2 N–H and O–H groups in total. The fraction of sp³-hybridized carbons (Fsp3) is 0.231. The van der Waals surface area contributed by atoms with Gasteiger partial charge in [-0.25, -0.2) is 14.4 Å². The lowest BCUT2D eigenvalue weighted by molar-refractivity contribution is 0.628. The molecule has 0 saturated heterocycles. The maximum atomic E-state index is 13.3. The number of halogens is 2. The normalized spacial score (nSPS) is 14.8. The van der Waals surface area contributed by atoms with Crippen molar-refractivity contribution in [2.75, 3.05) is 5.73 Å². The number of hydrogen-bond acceptors (Lipinski definition) is 3. The van der Waals surface area contributed by atoms with Gasteiger partial charge in [0.05, 0.1) is 17.6 Å². The highest BCUT2D eigenvalue weighted by molar-refractivity contribution is 9.10. The molecule has 0 spiro atoms. The van der Waals surface area contributed by atoms with Crippen molar-refractivity contribution in [3.8, 4) is 11.4 Å². The average molecular weight is 308 g/mol. The molecule has 1 aromatic heterocycles. The van der Waals surface area contributed by atoms with Gasteiger partial charge in [-0.3, -0.25) is 0 Å². The van der Waals surface area contributed by atoms with Crippen molar-refractivity contribution in [2.45, 2.75) is 18.8 Å². The predicted octanol–water partition coefficient (Wildman–Crippen LogP) is 3.50. The Kier molecular flexibility index (Phi) is 2.78. The lowest BCUT2D eigenvalue weighted by Crippen LogP contribution is -2.01. The second kappa shape index (κ2) is 4.31. The first-order valence-electron chi connectivity index (χ1n) is 5.73. The molecule has 1 fully saturated rings. The number of nitrogen functional groups attached to an aromatic ring is 1. The van der Waals surface area contributed by atoms with Crippen LogP contribution in [0.5, 0.6) is 0 Å². The van der Waals surface area contributed by atoms with E-state index in [0.717, 1.165) is 23.0 Å². The topological polar surface area (TPSA) is 51.8 Å². The lowest BCUT2D eigenvalue weighted by atomic mass is 10.2. The Hall–Kier alpha value is -1.49. The Morgan fingerprint density at radius 3 is 2.83 bits per heavy atom. The maximum Gasteiger partial charge on any atom is 0.160 e. The second-order valence-electron chi connectivity index (χ2n) is 4.43. The summed E-state index contributed by atoms with van der Waals surface area (Å²) in [7, 11) is 0. The Labute approximate surface area is 112 Å². The molecule has 1 aromatic carbocycles. The Bertz CT molecular complexity index is 611. The summed E-state index contributed by atoms with van der Waals surface area (Å²) in [5.74, 6) is 0.651. The molecule has 1 heterocycles. The van der Waals surface area contributed by atoms with Gasteiger partial charge in [-0.1, -0.05) is 15.9 Å². The van der Waals surface area contributed by atoms with Crippen molar-refractivity contribution in [3.63, 3.8) is 0 Å². The summed E-state index contributed by atoms with van der Waals surface area (Å²) >= 11 is 3.38. The summed E-state index contributed by atoms with van der Waals surface area (Å²) in [4.78, 5) is 8.66. The van der Waals surface area contributed by atoms with Crippen molar-refractivity contribution in [3.05, 3.63) is 40.4 Å². The zero-order chi connectivity index (χ0) is 12.7. The van der Waals surface area contributed by atoms with E-state index in [4.69, 9.17) is 5.73 Å². The van der Waals surface area contributed by atoms with Crippen LogP contribution in [0.15, 0.2) is 28.9 Å². The number of nitrogens with two attached hydrogens (primary N) is 1. The van der Waals surface area contributed by atoms with Crippen LogP contribution in [0.1, 0.15) is 24.5 Å². The van der Waals surface area contributed by atoms with Crippen molar-refractivity contribution in [2.24, 2.45) is 0 Å². The molecule has 0 unspecified atom stereocenters. The van der Waals surface area contributed by atoms with E-state index in [9.17, 15) is 4.39 Å². The van der Waals surface area contributed by atoms with Crippen LogP contribution < -0.4 is 5.73 Å². The monoisotopic (exact) mass is 307 g/mol. The minimum Gasteiger partial charge on any atom is -0.396 e. The molecule has 3 rings (SSSR count). The van der Waals surface area contributed by atoms with Crippen LogP contribution in [0.2, 0.25) is 0 Å². The molecular weight excluding hydrogens is 297 g/mol. The summed E-state index contributed by atoms with van der Waals surface area (Å²) in [6.45, 7) is 0. The molecule has 1 aliphatic rings. The first kappa shape index (κ1) is 11.6. The molecule has 3 nitrogen and oxygen atoms in total. The van der Waals surface area contributed by atoms with Crippen LogP contribution in [-0.4, -0.2) is 9.97 Å². The summed E-state index contributed by atoms with van der Waals surface area (Å²) in [6, 6.07) is 4.47. The van der Waals surface area contributed by atoms with Crippen LogP contribution in [0.4, 0.5) is 10.1 Å². The number of benzene rings is 1. The Balaban J connectivity index is 2.11. The zero-order valence-electron chi connectivity index (χ0n) is 9.53. The molecule has 0 atom stereocenters. The highest BCUT2D eigenvalue weighted by atomic mass is 79.9. The van der Waals surface area contributed by atoms with Gasteiger partial charge in [0.25, 0.3) is 0 Å². The summed E-state index contributed by atoms with van der Waals surface area (Å²) in [5, 5.41) is 0. The molecule has 0 aliphatic heterocycles. The van der Waals surface area contributed by atoms with Crippen molar-refractivity contribution < 1.29 is 4.39 Å². The molecule has 0 amide bonds. The molecule has 2 aromatic rings. The smallest absolute Gasteiger partial charge is 0.160 e. The van der Waals surface area contributed by atoms with E-state index in [-0.39, 0.29) is 5.82 Å². The number of aromatic nitrogens is 2. The minimum absolute atomic E-state index is 0.304. The van der Waals surface area contributed by atoms with E-state index in [0.29, 0.717) is 23.0 Å². The lowest BCUT2D eigenvalue weighted by Gasteiger charge is -2.07. The van der Waals surface area contributed by atoms with Gasteiger partial charge in [-0.2, -0.15) is 0 Å². The van der Waals surface area contributed by atoms with E-state index in [1.165, 1.54) is 12.1 Å². The van der Waals surface area contributed by atoms with E-state index in [1.807, 2.05) is 0 Å². The van der Waals surface area contributed by atoms with Crippen LogP contribution in [0.3, 0.4) is 0 Å². The third kappa shape index (κ3) is 2.10. The van der Waals surface area contributed by atoms with Gasteiger partial charge >= 0.3 is 0 Å². The quantitative estimate of drug-likeness (QED) is 0.923. The molecule has 5 heteroatoms. The van der Waals surface area contributed by atoms with Crippen molar-refractivity contribution in [1.82, 2.24) is 9.97 Å². The van der Waals surface area contributed by atoms with Crippen LogP contribution in [0, 0.1) is 5.82 Å². The molecular formula is C13H11BrFN3. The molecule has 1 saturated carbocycles. The Morgan fingerprint density at radius 2 is 2.11 bits per heavy atom. The van der Waals surface area contributed by atoms with Gasteiger partial charge in [0.15, 0.2) is 5.82 Å². The zero-order valence-corrected chi connectivity index (χ0v) is 11.1. The van der Waals surface area contributed by atoms with Crippen LogP contribution >= 0.6 is 15.9 Å². The number of rotatable bonds is 2. The van der Waals surface area contributed by atoms with E-state index in [2.05, 4.69) is 25.9 Å². The van der Waals surface area contributed by atoms with Gasteiger partial charge in [0, 0.05) is 16.0 Å². The van der Waals surface area contributed by atoms with Gasteiger partial charge in [-0.05, 0) is 31.0 Å². The third-order valence-electron chi connectivity index (χ3n) is 2.98. The minimum atomic E-state index is -0.304. The number of anilines is 1. The first-order chi connectivity index (χ1) is 8.65. The summed E-state index contributed by atoms with van der Waals surface area (Å²) in [6.07, 6.45) is 3.84. The fourth-order valence-corrected chi connectivity index (χ4v) is 2.31. The van der Waals surface area contributed by atoms with E-state index in [1.54, 1.807) is 12.3 Å².